The second kappa shape index (κ2) is 7.03. The van der Waals surface area contributed by atoms with Gasteiger partial charge in [-0.1, -0.05) is 23.2 Å². The highest BCUT2D eigenvalue weighted by atomic mass is 79.9. The van der Waals surface area contributed by atoms with Crippen molar-refractivity contribution in [2.24, 2.45) is 0 Å². The van der Waals surface area contributed by atoms with Gasteiger partial charge in [0.15, 0.2) is 10.3 Å². The Bertz CT molecular complexity index is 658. The predicted octanol–water partition coefficient (Wildman–Crippen LogP) is 2.37. The van der Waals surface area contributed by atoms with Crippen molar-refractivity contribution in [1.29, 1.82) is 0 Å². The molecule has 0 amide bonds. The van der Waals surface area contributed by atoms with E-state index in [0.29, 0.717) is 14.8 Å². The van der Waals surface area contributed by atoms with Crippen LogP contribution in [0.1, 0.15) is 0 Å². The van der Waals surface area contributed by atoms with E-state index in [4.69, 9.17) is 23.2 Å². The number of H-pyrrole nitrogens is 2. The molecule has 2 aromatic rings. The molecule has 18 heavy (non-hydrogen) atoms. The van der Waals surface area contributed by atoms with Gasteiger partial charge < -0.3 is 0 Å². The first-order valence-corrected chi connectivity index (χ1v) is 6.56. The minimum absolute atomic E-state index is 0.242. The summed E-state index contributed by atoms with van der Waals surface area (Å²) in [4.78, 5) is 20.9. The van der Waals surface area contributed by atoms with Crippen LogP contribution in [0.25, 0.3) is 0 Å². The van der Waals surface area contributed by atoms with Gasteiger partial charge in [-0.15, -0.1) is 10.2 Å². The quantitative estimate of drug-likeness (QED) is 0.687. The Morgan fingerprint density at radius 1 is 1.00 bits per heavy atom. The molecule has 2 rings (SSSR count). The second-order valence-corrected chi connectivity index (χ2v) is 5.20. The number of hydrogen-bond acceptors (Lipinski definition) is 4. The first kappa shape index (κ1) is 15.4. The average molecular weight is 419 g/mol. The van der Waals surface area contributed by atoms with E-state index in [0.717, 1.165) is 0 Å². The Hall–Kier alpha value is -0.700. The van der Waals surface area contributed by atoms with E-state index in [2.05, 4.69) is 52.3 Å². The highest BCUT2D eigenvalue weighted by molar-refractivity contribution is 9.10. The number of rotatable bonds is 0. The van der Waals surface area contributed by atoms with Crippen LogP contribution in [0.2, 0.25) is 10.3 Å². The summed E-state index contributed by atoms with van der Waals surface area (Å²) >= 11 is 17.0. The molecule has 2 N–H and O–H groups in total. The fourth-order valence-electron chi connectivity index (χ4n) is 0.727. The summed E-state index contributed by atoms with van der Waals surface area (Å²) in [5, 5.41) is 11.9. The summed E-state index contributed by atoms with van der Waals surface area (Å²) in [6.07, 6.45) is 0. The first-order chi connectivity index (χ1) is 8.40. The van der Waals surface area contributed by atoms with Crippen molar-refractivity contribution in [3.05, 3.63) is 52.1 Å². The average Bonchev–Trinajstić information content (AvgIpc) is 2.30. The fraction of sp³-hybridized carbons (Fsp3) is 0. The zero-order valence-corrected chi connectivity index (χ0v) is 13.1. The fourth-order valence-corrected chi connectivity index (χ4v) is 1.70. The Morgan fingerprint density at radius 2 is 1.67 bits per heavy atom. The number of nitrogens with one attached hydrogen (secondary N) is 2. The van der Waals surface area contributed by atoms with Crippen LogP contribution in [0.5, 0.6) is 0 Å². The highest BCUT2D eigenvalue weighted by Crippen LogP contribution is 2.20. The van der Waals surface area contributed by atoms with E-state index in [1.54, 1.807) is 6.07 Å². The van der Waals surface area contributed by atoms with Gasteiger partial charge >= 0.3 is 0 Å². The Kier molecular flexibility index (Phi) is 6.00. The molecule has 0 aliphatic carbocycles. The van der Waals surface area contributed by atoms with E-state index >= 15 is 0 Å². The number of aromatic amines is 2. The molecule has 6 nitrogen and oxygen atoms in total. The van der Waals surface area contributed by atoms with Crippen molar-refractivity contribution in [1.82, 2.24) is 20.4 Å². The predicted molar refractivity (Wildman–Crippen MR) is 75.1 cm³/mol. The Labute approximate surface area is 127 Å². The molecular weight excluding hydrogens is 415 g/mol. The van der Waals surface area contributed by atoms with Crippen LogP contribution in [0.3, 0.4) is 0 Å². The summed E-state index contributed by atoms with van der Waals surface area (Å²) in [6, 6.07) is 2.75. The highest BCUT2D eigenvalue weighted by Gasteiger charge is 1.97. The van der Waals surface area contributed by atoms with Gasteiger partial charge in [0.1, 0.15) is 0 Å². The molecule has 10 heteroatoms. The minimum atomic E-state index is -0.338. The third-order valence-corrected chi connectivity index (χ3v) is 3.34. The number of nitrogens with zero attached hydrogens (tertiary/aromatic N) is 2. The van der Waals surface area contributed by atoms with E-state index < -0.39 is 0 Å². The monoisotopic (exact) mass is 416 g/mol. The SMILES string of the molecule is Clc1cc(Br)c(Cl)nn1.O=c1cc(Br)c(=O)[nH][nH]1. The Morgan fingerprint density at radius 3 is 2.11 bits per heavy atom. The standard InChI is InChI=1S/C4HBrCl2N2.C4H3BrN2O2/c5-2-1-3(6)8-9-4(2)7;5-2-1-3(8)6-7-4(2)9/h1H;1H,(H,6,8)(H,7,9). The van der Waals surface area contributed by atoms with Crippen LogP contribution in [0.15, 0.2) is 30.7 Å². The van der Waals surface area contributed by atoms with Crippen LogP contribution >= 0.6 is 55.1 Å². The van der Waals surface area contributed by atoms with Crippen LogP contribution in [0, 0.1) is 0 Å². The lowest BCUT2D eigenvalue weighted by Crippen LogP contribution is -2.17. The number of aromatic nitrogens is 4. The van der Waals surface area contributed by atoms with Gasteiger partial charge in [-0.2, -0.15) is 0 Å². The van der Waals surface area contributed by atoms with Crippen LogP contribution in [0.4, 0.5) is 0 Å². The smallest absolute Gasteiger partial charge is 0.268 e. The molecule has 0 atom stereocenters. The van der Waals surface area contributed by atoms with Crippen molar-refractivity contribution in [3.63, 3.8) is 0 Å². The summed E-state index contributed by atoms with van der Waals surface area (Å²) in [5.74, 6) is 0. The minimum Gasteiger partial charge on any atom is -0.268 e. The molecule has 0 saturated heterocycles. The zero-order chi connectivity index (χ0) is 13.7. The van der Waals surface area contributed by atoms with Gasteiger partial charge in [-0.05, 0) is 37.9 Å². The second-order valence-electron chi connectivity index (χ2n) is 2.74. The molecular formula is C8H4Br2Cl2N4O2. The van der Waals surface area contributed by atoms with Crippen molar-refractivity contribution in [2.75, 3.05) is 0 Å². The molecule has 0 aliphatic rings. The first-order valence-electron chi connectivity index (χ1n) is 4.22. The van der Waals surface area contributed by atoms with Crippen LogP contribution < -0.4 is 11.1 Å². The largest absolute Gasteiger partial charge is 0.276 e. The van der Waals surface area contributed by atoms with Crippen LogP contribution in [-0.4, -0.2) is 20.4 Å². The molecule has 0 aromatic carbocycles. The molecule has 2 heterocycles. The molecule has 0 spiro atoms. The lowest BCUT2D eigenvalue weighted by molar-refractivity contribution is 0.942. The maximum absolute atomic E-state index is 10.5. The molecule has 0 bridgehead atoms. The maximum atomic E-state index is 10.5. The van der Waals surface area contributed by atoms with Gasteiger partial charge in [-0.25, -0.2) is 0 Å². The summed E-state index contributed by atoms with van der Waals surface area (Å²) in [7, 11) is 0. The lowest BCUT2D eigenvalue weighted by atomic mass is 10.6. The third kappa shape index (κ3) is 4.89. The van der Waals surface area contributed by atoms with Gasteiger partial charge in [0.05, 0.1) is 8.95 Å². The lowest BCUT2D eigenvalue weighted by Gasteiger charge is -1.90. The van der Waals surface area contributed by atoms with E-state index in [1.165, 1.54) is 6.07 Å². The molecule has 0 fully saturated rings. The van der Waals surface area contributed by atoms with Gasteiger partial charge in [0, 0.05) is 6.07 Å². The maximum Gasteiger partial charge on any atom is 0.276 e. The van der Waals surface area contributed by atoms with Crippen LogP contribution in [-0.2, 0) is 0 Å². The van der Waals surface area contributed by atoms with Crippen molar-refractivity contribution in [2.45, 2.75) is 0 Å². The van der Waals surface area contributed by atoms with E-state index in [9.17, 15) is 9.59 Å². The molecule has 96 valence electrons. The van der Waals surface area contributed by atoms with E-state index in [-0.39, 0.29) is 15.6 Å². The number of hydrogen-bond donors (Lipinski definition) is 2. The van der Waals surface area contributed by atoms with Gasteiger partial charge in [0.2, 0.25) is 0 Å². The summed E-state index contributed by atoms with van der Waals surface area (Å²) < 4.78 is 0.899. The van der Waals surface area contributed by atoms with E-state index in [1.807, 2.05) is 0 Å². The van der Waals surface area contributed by atoms with Crippen molar-refractivity contribution < 1.29 is 0 Å². The normalized spacial score (nSPS) is 9.56. The molecule has 0 aliphatic heterocycles. The molecule has 0 saturated carbocycles. The van der Waals surface area contributed by atoms with Gasteiger partial charge in [0.25, 0.3) is 11.1 Å². The number of halogens is 4. The third-order valence-electron chi connectivity index (χ3n) is 1.45. The Balaban J connectivity index is 0.000000180. The van der Waals surface area contributed by atoms with Crippen molar-refractivity contribution >= 4 is 55.1 Å². The molecule has 0 radical (unpaired) electrons. The molecule has 0 unspecified atom stereocenters. The summed E-state index contributed by atoms with van der Waals surface area (Å²) in [5.41, 5.74) is -0.670. The zero-order valence-electron chi connectivity index (χ0n) is 8.38. The topological polar surface area (TPSA) is 91.5 Å². The van der Waals surface area contributed by atoms with Gasteiger partial charge in [-0.3, -0.25) is 19.8 Å². The summed E-state index contributed by atoms with van der Waals surface area (Å²) in [6.45, 7) is 0. The van der Waals surface area contributed by atoms with Crippen molar-refractivity contribution in [3.8, 4) is 0 Å². The molecule has 2 aromatic heterocycles.